The van der Waals surface area contributed by atoms with E-state index in [1.165, 1.54) is 10.9 Å². The summed E-state index contributed by atoms with van der Waals surface area (Å²) in [5.74, 6) is 1.64. The van der Waals surface area contributed by atoms with Crippen LogP contribution in [0.3, 0.4) is 0 Å². The molecule has 0 radical (unpaired) electrons. The summed E-state index contributed by atoms with van der Waals surface area (Å²) in [7, 11) is 0. The highest BCUT2D eigenvalue weighted by Gasteiger charge is 2.28. The van der Waals surface area contributed by atoms with Gasteiger partial charge < -0.3 is 14.8 Å². The second kappa shape index (κ2) is 9.07. The number of para-hydroxylation sites is 1. The number of pyridine rings is 1. The first-order chi connectivity index (χ1) is 14.3. The third-order valence-electron chi connectivity index (χ3n) is 5.82. The second-order valence-electron chi connectivity index (χ2n) is 7.77. The number of likely N-dealkylation sites (tertiary alicyclic amines) is 1. The van der Waals surface area contributed by atoms with Crippen LogP contribution in [0.5, 0.6) is 0 Å². The molecule has 1 saturated heterocycles. The highest BCUT2D eigenvalue weighted by Crippen LogP contribution is 2.27. The van der Waals surface area contributed by atoms with Crippen molar-refractivity contribution in [2.24, 2.45) is 10.9 Å². The zero-order chi connectivity index (χ0) is 20.1. The molecule has 1 aliphatic rings. The van der Waals surface area contributed by atoms with Crippen LogP contribution in [0.1, 0.15) is 31.9 Å². The zero-order valence-corrected chi connectivity index (χ0v) is 17.3. The summed E-state index contributed by atoms with van der Waals surface area (Å²) in [6, 6.07) is 10.9. The Balaban J connectivity index is 1.47. The molecule has 0 aliphatic carbocycles. The molecule has 4 rings (SSSR count). The fraction of sp³-hybridized carbons (Fsp3) is 0.435. The lowest BCUT2D eigenvalue weighted by Crippen LogP contribution is -2.49. The molecule has 0 saturated carbocycles. The van der Waals surface area contributed by atoms with E-state index in [2.05, 4.69) is 69.1 Å². The first-order valence-electron chi connectivity index (χ1n) is 10.6. The molecule has 0 amide bonds. The van der Waals surface area contributed by atoms with Crippen molar-refractivity contribution < 1.29 is 0 Å². The molecular weight excluding hydrogens is 360 g/mol. The van der Waals surface area contributed by atoms with Gasteiger partial charge in [0.2, 0.25) is 0 Å². The predicted octanol–water partition coefficient (Wildman–Crippen LogP) is 3.52. The monoisotopic (exact) mass is 390 g/mol. The van der Waals surface area contributed by atoms with Crippen molar-refractivity contribution in [3.05, 3.63) is 60.8 Å². The van der Waals surface area contributed by atoms with Crippen molar-refractivity contribution >= 4 is 16.9 Å². The number of nitrogens with one attached hydrogen (secondary N) is 1. The average molecular weight is 391 g/mol. The lowest BCUT2D eigenvalue weighted by molar-refractivity contribution is 0.189. The van der Waals surface area contributed by atoms with Crippen molar-refractivity contribution in [2.75, 3.05) is 26.2 Å². The minimum atomic E-state index is 0.428. The molecule has 1 aromatic carbocycles. The number of hydrogen-bond donors (Lipinski definition) is 1. The quantitative estimate of drug-likeness (QED) is 0.535. The lowest BCUT2D eigenvalue weighted by Gasteiger charge is -2.39. The summed E-state index contributed by atoms with van der Waals surface area (Å²) in [4.78, 5) is 16.2. The number of benzene rings is 1. The summed E-state index contributed by atoms with van der Waals surface area (Å²) < 4.78 is 2.24. The molecule has 2 aromatic heterocycles. The summed E-state index contributed by atoms with van der Waals surface area (Å²) >= 11 is 0. The van der Waals surface area contributed by atoms with E-state index >= 15 is 0 Å². The minimum Gasteiger partial charge on any atom is -0.357 e. The van der Waals surface area contributed by atoms with Crippen LogP contribution in [-0.4, -0.2) is 51.6 Å². The van der Waals surface area contributed by atoms with Crippen LogP contribution in [-0.2, 0) is 6.42 Å². The first kappa shape index (κ1) is 19.4. The Morgan fingerprint density at radius 2 is 2.14 bits per heavy atom. The fourth-order valence-corrected chi connectivity index (χ4v) is 4.17. The van der Waals surface area contributed by atoms with Gasteiger partial charge in [-0.2, -0.15) is 0 Å². The standard InChI is InChI=1S/C23H30N6/c1-3-25-23(28-14-10-18(2)21(16-28)29-15-13-24-17-29)27-12-9-20-7-4-6-19-8-5-11-26-22(19)20/h4-8,11,13,15,17-18,21H,3,9-10,12,14,16H2,1-2H3,(H,25,27). The maximum absolute atomic E-state index is 4.96. The number of piperidine rings is 1. The molecule has 6 heteroatoms. The van der Waals surface area contributed by atoms with E-state index in [0.29, 0.717) is 12.0 Å². The van der Waals surface area contributed by atoms with Crippen molar-refractivity contribution in [1.82, 2.24) is 24.8 Å². The SMILES string of the molecule is CCNC(=NCCc1cccc2cccnc12)N1CCC(C)C(n2ccnc2)C1. The number of guanidine groups is 1. The van der Waals surface area contributed by atoms with Gasteiger partial charge in [0.15, 0.2) is 5.96 Å². The van der Waals surface area contributed by atoms with E-state index in [1.54, 1.807) is 0 Å². The van der Waals surface area contributed by atoms with Crippen LogP contribution < -0.4 is 5.32 Å². The predicted molar refractivity (Wildman–Crippen MR) is 118 cm³/mol. The molecule has 152 valence electrons. The Bertz CT molecular complexity index is 944. The Hall–Kier alpha value is -2.89. The smallest absolute Gasteiger partial charge is 0.193 e. The van der Waals surface area contributed by atoms with Gasteiger partial charge in [-0.3, -0.25) is 9.98 Å². The molecule has 0 bridgehead atoms. The molecule has 2 atom stereocenters. The average Bonchev–Trinajstić information content (AvgIpc) is 3.28. The van der Waals surface area contributed by atoms with Crippen LogP contribution in [0.4, 0.5) is 0 Å². The molecule has 1 N–H and O–H groups in total. The Kier molecular flexibility index (Phi) is 6.08. The summed E-state index contributed by atoms with van der Waals surface area (Å²) in [5.41, 5.74) is 2.34. The van der Waals surface area contributed by atoms with Gasteiger partial charge in [0.05, 0.1) is 17.9 Å². The van der Waals surface area contributed by atoms with Crippen LogP contribution in [0.25, 0.3) is 10.9 Å². The van der Waals surface area contributed by atoms with Crippen molar-refractivity contribution in [3.8, 4) is 0 Å². The molecule has 0 spiro atoms. The number of aliphatic imine (C=N–C) groups is 1. The van der Waals surface area contributed by atoms with Gasteiger partial charge in [-0.05, 0) is 37.3 Å². The Labute approximate surface area is 172 Å². The number of hydrogen-bond acceptors (Lipinski definition) is 3. The van der Waals surface area contributed by atoms with Gasteiger partial charge in [0, 0.05) is 50.2 Å². The van der Waals surface area contributed by atoms with Crippen molar-refractivity contribution in [2.45, 2.75) is 32.7 Å². The topological polar surface area (TPSA) is 58.3 Å². The summed E-state index contributed by atoms with van der Waals surface area (Å²) in [6.07, 6.45) is 9.77. The van der Waals surface area contributed by atoms with Crippen LogP contribution in [0.2, 0.25) is 0 Å². The third-order valence-corrected chi connectivity index (χ3v) is 5.82. The van der Waals surface area contributed by atoms with Crippen molar-refractivity contribution in [1.29, 1.82) is 0 Å². The van der Waals surface area contributed by atoms with Crippen LogP contribution in [0, 0.1) is 5.92 Å². The van der Waals surface area contributed by atoms with E-state index in [-0.39, 0.29) is 0 Å². The van der Waals surface area contributed by atoms with Gasteiger partial charge >= 0.3 is 0 Å². The number of rotatable bonds is 5. The number of fused-ring (bicyclic) bond motifs is 1. The number of nitrogens with zero attached hydrogens (tertiary/aromatic N) is 5. The van der Waals surface area contributed by atoms with Gasteiger partial charge in [-0.15, -0.1) is 0 Å². The van der Waals surface area contributed by atoms with Gasteiger partial charge in [0.25, 0.3) is 0 Å². The Morgan fingerprint density at radius 1 is 1.24 bits per heavy atom. The molecule has 1 aliphatic heterocycles. The largest absolute Gasteiger partial charge is 0.357 e. The summed E-state index contributed by atoms with van der Waals surface area (Å²) in [6.45, 7) is 8.08. The molecule has 6 nitrogen and oxygen atoms in total. The highest BCUT2D eigenvalue weighted by atomic mass is 15.3. The van der Waals surface area contributed by atoms with E-state index in [1.807, 2.05) is 24.8 Å². The van der Waals surface area contributed by atoms with Crippen LogP contribution >= 0.6 is 0 Å². The van der Waals surface area contributed by atoms with E-state index < -0.39 is 0 Å². The van der Waals surface area contributed by atoms with Gasteiger partial charge in [-0.25, -0.2) is 4.98 Å². The molecular formula is C23H30N6. The van der Waals surface area contributed by atoms with E-state index in [9.17, 15) is 0 Å². The maximum Gasteiger partial charge on any atom is 0.193 e. The number of imidazole rings is 1. The molecule has 3 heterocycles. The third kappa shape index (κ3) is 4.42. The van der Waals surface area contributed by atoms with E-state index in [4.69, 9.17) is 4.99 Å². The molecule has 2 unspecified atom stereocenters. The molecule has 1 fully saturated rings. The normalized spacial score (nSPS) is 20.2. The van der Waals surface area contributed by atoms with Gasteiger partial charge in [0.1, 0.15) is 0 Å². The van der Waals surface area contributed by atoms with Gasteiger partial charge in [-0.1, -0.05) is 31.2 Å². The summed E-state index contributed by atoms with van der Waals surface area (Å²) in [5, 5.41) is 4.68. The highest BCUT2D eigenvalue weighted by molar-refractivity contribution is 5.82. The van der Waals surface area contributed by atoms with E-state index in [0.717, 1.165) is 50.5 Å². The minimum absolute atomic E-state index is 0.428. The van der Waals surface area contributed by atoms with Crippen molar-refractivity contribution in [3.63, 3.8) is 0 Å². The zero-order valence-electron chi connectivity index (χ0n) is 17.3. The number of aromatic nitrogens is 3. The maximum atomic E-state index is 4.96. The molecule has 29 heavy (non-hydrogen) atoms. The second-order valence-corrected chi connectivity index (χ2v) is 7.77. The lowest BCUT2D eigenvalue weighted by atomic mass is 9.93. The Morgan fingerprint density at radius 3 is 2.97 bits per heavy atom. The first-order valence-corrected chi connectivity index (χ1v) is 10.6. The molecule has 3 aromatic rings. The fourth-order valence-electron chi connectivity index (χ4n) is 4.17. The van der Waals surface area contributed by atoms with Crippen LogP contribution in [0.15, 0.2) is 60.2 Å².